The molecule has 7 rings (SSSR count). The first kappa shape index (κ1) is 16.6. The van der Waals surface area contributed by atoms with E-state index in [0.717, 1.165) is 39.1 Å². The molecule has 0 aliphatic heterocycles. The van der Waals surface area contributed by atoms with E-state index in [2.05, 4.69) is 10.2 Å². The number of nitrogens with zero attached hydrogens (tertiary/aromatic N) is 5. The second-order valence-corrected chi connectivity index (χ2v) is 9.99. The Hall–Kier alpha value is -2.35. The van der Waals surface area contributed by atoms with Crippen molar-refractivity contribution >= 4 is 22.0 Å². The molecule has 1 aromatic carbocycles. The van der Waals surface area contributed by atoms with E-state index in [0.29, 0.717) is 5.56 Å². The largest absolute Gasteiger partial charge is 0.273 e. The fourth-order valence-electron chi connectivity index (χ4n) is 6.49. The third-order valence-electron chi connectivity index (χ3n) is 7.24. The normalized spacial score (nSPS) is 31.0. The molecule has 0 unspecified atom stereocenters. The van der Waals surface area contributed by atoms with Gasteiger partial charge in [0, 0.05) is 22.6 Å². The molecule has 0 N–H and O–H groups in total. The van der Waals surface area contributed by atoms with Crippen LogP contribution in [0.25, 0.3) is 15.5 Å². The minimum Gasteiger partial charge on any atom is -0.258 e. The van der Waals surface area contributed by atoms with Crippen molar-refractivity contribution in [2.45, 2.75) is 50.9 Å². The highest BCUT2D eigenvalue weighted by Gasteiger charge is 2.54. The quantitative estimate of drug-likeness (QED) is 0.480. The van der Waals surface area contributed by atoms with E-state index in [4.69, 9.17) is 5.10 Å². The van der Waals surface area contributed by atoms with Crippen LogP contribution < -0.4 is 0 Å². The van der Waals surface area contributed by atoms with Crippen molar-refractivity contribution < 1.29 is 4.92 Å². The Bertz CT molecular complexity index is 1080. The molecule has 0 saturated heterocycles. The molecular weight excluding hydrogens is 374 g/mol. The van der Waals surface area contributed by atoms with Crippen LogP contribution in [0, 0.1) is 34.8 Å². The zero-order valence-corrected chi connectivity index (χ0v) is 16.5. The van der Waals surface area contributed by atoms with Crippen LogP contribution in [-0.4, -0.2) is 24.7 Å². The number of hydrogen-bond donors (Lipinski definition) is 0. The van der Waals surface area contributed by atoms with Crippen molar-refractivity contribution in [2.24, 2.45) is 17.8 Å². The lowest BCUT2D eigenvalue weighted by molar-refractivity contribution is -0.385. The van der Waals surface area contributed by atoms with Gasteiger partial charge in [-0.1, -0.05) is 23.5 Å². The molecule has 28 heavy (non-hydrogen) atoms. The number of aromatic nitrogens is 4. The van der Waals surface area contributed by atoms with Crippen LogP contribution in [-0.2, 0) is 5.41 Å². The molecule has 0 spiro atoms. The summed E-state index contributed by atoms with van der Waals surface area (Å²) in [7, 11) is 0. The molecule has 4 bridgehead atoms. The summed E-state index contributed by atoms with van der Waals surface area (Å²) < 4.78 is 1.94. The van der Waals surface area contributed by atoms with Crippen LogP contribution in [0.15, 0.2) is 18.2 Å². The maximum atomic E-state index is 11.3. The summed E-state index contributed by atoms with van der Waals surface area (Å²) in [6, 6.07) is 5.17. The predicted octanol–water partition coefficient (Wildman–Crippen LogP) is 4.54. The van der Waals surface area contributed by atoms with Crippen LogP contribution in [0.3, 0.4) is 0 Å². The van der Waals surface area contributed by atoms with Crippen molar-refractivity contribution in [1.82, 2.24) is 19.8 Å². The maximum Gasteiger partial charge on any atom is 0.273 e. The van der Waals surface area contributed by atoms with Gasteiger partial charge in [0.2, 0.25) is 4.96 Å². The molecule has 4 saturated carbocycles. The minimum absolute atomic E-state index is 0.122. The summed E-state index contributed by atoms with van der Waals surface area (Å²) in [6.45, 7) is 1.79. The van der Waals surface area contributed by atoms with Crippen molar-refractivity contribution in [3.8, 4) is 10.6 Å². The second-order valence-electron chi connectivity index (χ2n) is 9.03. The van der Waals surface area contributed by atoms with Crippen LogP contribution in [0.2, 0.25) is 0 Å². The van der Waals surface area contributed by atoms with Gasteiger partial charge in [0.25, 0.3) is 5.69 Å². The monoisotopic (exact) mass is 395 g/mol. The average Bonchev–Trinajstić information content (AvgIpc) is 3.21. The molecule has 2 aromatic heterocycles. The highest BCUT2D eigenvalue weighted by atomic mass is 32.1. The lowest BCUT2D eigenvalue weighted by Crippen LogP contribution is -2.49. The van der Waals surface area contributed by atoms with Crippen LogP contribution in [0.5, 0.6) is 0 Å². The zero-order chi connectivity index (χ0) is 19.0. The van der Waals surface area contributed by atoms with Crippen LogP contribution in [0.1, 0.15) is 49.9 Å². The standard InChI is InChI=1S/C20H21N5O2S/c1-11-15(3-2-4-16(11)25(26)27)17-23-24-18(21-22-19(24)28-17)20-8-12-5-13(9-20)7-14(6-12)10-20/h2-4,12-14H,5-10H2,1H3. The van der Waals surface area contributed by atoms with Crippen LogP contribution >= 0.6 is 11.3 Å². The van der Waals surface area contributed by atoms with Gasteiger partial charge in [-0.15, -0.1) is 10.2 Å². The molecule has 144 valence electrons. The Balaban J connectivity index is 1.46. The lowest BCUT2D eigenvalue weighted by Gasteiger charge is -2.55. The number of benzene rings is 1. The molecule has 0 amide bonds. The topological polar surface area (TPSA) is 86.2 Å². The maximum absolute atomic E-state index is 11.3. The first-order chi connectivity index (χ1) is 13.5. The summed E-state index contributed by atoms with van der Waals surface area (Å²) in [6.07, 6.45) is 7.79. The van der Waals surface area contributed by atoms with Crippen molar-refractivity contribution in [2.75, 3.05) is 0 Å². The van der Waals surface area contributed by atoms with E-state index < -0.39 is 0 Å². The summed E-state index contributed by atoms with van der Waals surface area (Å²) in [5, 5.41) is 26.0. The summed E-state index contributed by atoms with van der Waals surface area (Å²) >= 11 is 1.47. The summed E-state index contributed by atoms with van der Waals surface area (Å²) in [5.74, 6) is 3.51. The van der Waals surface area contributed by atoms with E-state index >= 15 is 0 Å². The van der Waals surface area contributed by atoms with E-state index in [1.165, 1.54) is 49.9 Å². The first-order valence-electron chi connectivity index (χ1n) is 9.99. The van der Waals surface area contributed by atoms with Gasteiger partial charge in [-0.25, -0.2) is 0 Å². The zero-order valence-electron chi connectivity index (χ0n) is 15.7. The van der Waals surface area contributed by atoms with Gasteiger partial charge in [-0.3, -0.25) is 10.1 Å². The van der Waals surface area contributed by atoms with E-state index in [9.17, 15) is 10.1 Å². The molecule has 8 heteroatoms. The Morgan fingerprint density at radius 1 is 1.14 bits per heavy atom. The molecular formula is C20H21N5O2S. The number of hydrogen-bond acceptors (Lipinski definition) is 6. The van der Waals surface area contributed by atoms with Gasteiger partial charge in [0.1, 0.15) is 5.01 Å². The molecule has 2 heterocycles. The molecule has 7 nitrogen and oxygen atoms in total. The van der Waals surface area contributed by atoms with Crippen molar-refractivity contribution in [3.05, 3.63) is 39.7 Å². The minimum atomic E-state index is -0.333. The third kappa shape index (κ3) is 2.24. The smallest absolute Gasteiger partial charge is 0.258 e. The van der Waals surface area contributed by atoms with Crippen molar-refractivity contribution in [1.29, 1.82) is 0 Å². The van der Waals surface area contributed by atoms with Gasteiger partial charge >= 0.3 is 0 Å². The summed E-state index contributed by atoms with van der Waals surface area (Å²) in [5.41, 5.74) is 1.71. The average molecular weight is 395 g/mol. The molecule has 4 aliphatic rings. The van der Waals surface area contributed by atoms with Crippen LogP contribution in [0.4, 0.5) is 5.69 Å². The molecule has 3 aromatic rings. The number of nitro groups is 1. The molecule has 4 fully saturated rings. The summed E-state index contributed by atoms with van der Waals surface area (Å²) in [4.78, 5) is 11.8. The van der Waals surface area contributed by atoms with Gasteiger partial charge in [-0.2, -0.15) is 9.61 Å². The number of nitro benzene ring substituents is 1. The number of fused-ring (bicyclic) bond motifs is 1. The molecule has 0 radical (unpaired) electrons. The van der Waals surface area contributed by atoms with E-state index in [-0.39, 0.29) is 16.0 Å². The van der Waals surface area contributed by atoms with E-state index in [1.807, 2.05) is 10.6 Å². The Kier molecular flexibility index (Phi) is 3.31. The van der Waals surface area contributed by atoms with Gasteiger partial charge in [0.05, 0.1) is 4.92 Å². The Labute approximate surface area is 165 Å². The molecule has 0 atom stereocenters. The number of rotatable bonds is 3. The Morgan fingerprint density at radius 2 is 1.82 bits per heavy atom. The third-order valence-corrected chi connectivity index (χ3v) is 8.17. The predicted molar refractivity (Wildman–Crippen MR) is 105 cm³/mol. The lowest BCUT2D eigenvalue weighted by atomic mass is 9.49. The van der Waals surface area contributed by atoms with Gasteiger partial charge in [-0.05, 0) is 63.2 Å². The van der Waals surface area contributed by atoms with Crippen molar-refractivity contribution in [3.63, 3.8) is 0 Å². The van der Waals surface area contributed by atoms with Gasteiger partial charge < -0.3 is 0 Å². The van der Waals surface area contributed by atoms with Gasteiger partial charge in [0.15, 0.2) is 5.82 Å². The fourth-order valence-corrected chi connectivity index (χ4v) is 7.42. The SMILES string of the molecule is Cc1c(-c2nn3c(C45CC6CC(CC(C6)C4)C5)nnc3s2)cccc1[N+](=O)[O-]. The second kappa shape index (κ2) is 5.59. The first-order valence-corrected chi connectivity index (χ1v) is 10.8. The highest BCUT2D eigenvalue weighted by molar-refractivity contribution is 7.19. The fraction of sp³-hybridized carbons (Fsp3) is 0.550. The Morgan fingerprint density at radius 3 is 2.46 bits per heavy atom. The highest BCUT2D eigenvalue weighted by Crippen LogP contribution is 2.60. The van der Waals surface area contributed by atoms with E-state index in [1.54, 1.807) is 19.1 Å². The molecule has 4 aliphatic carbocycles.